The Bertz CT molecular complexity index is 1100. The Kier molecular flexibility index (Phi) is 7.55. The van der Waals surface area contributed by atoms with Gasteiger partial charge in [0.2, 0.25) is 5.91 Å². The molecule has 1 amide bonds. The monoisotopic (exact) mass is 441 g/mol. The van der Waals surface area contributed by atoms with Crippen LogP contribution in [0.4, 0.5) is 5.69 Å². The Morgan fingerprint density at radius 1 is 1.10 bits per heavy atom. The lowest BCUT2D eigenvalue weighted by Gasteiger charge is -2.11. The molecule has 2 aromatic carbocycles. The van der Waals surface area contributed by atoms with Crippen LogP contribution in [0.15, 0.2) is 64.7 Å². The highest BCUT2D eigenvalue weighted by Crippen LogP contribution is 2.29. The van der Waals surface area contributed by atoms with Crippen LogP contribution in [0.1, 0.15) is 6.92 Å². The van der Waals surface area contributed by atoms with E-state index in [-0.39, 0.29) is 22.2 Å². The first-order valence-corrected chi connectivity index (χ1v) is 10.5. The molecular weight excluding hydrogens is 418 g/mol. The number of carbonyl (C=O) groups excluding carboxylic acids is 1. The second-order valence-electron chi connectivity index (χ2n) is 6.24. The number of hydrogen-bond acceptors (Lipinski definition) is 7. The van der Waals surface area contributed by atoms with Gasteiger partial charge in [0.05, 0.1) is 26.6 Å². The Morgan fingerprint density at radius 2 is 1.84 bits per heavy atom. The standard InChI is InChI=1S/C22H23N3O5S/c1-4-30-17-8-6-16(7-9-17)25-12-11-23-21(22(25)27)31-14-20(26)24-15-5-10-18(28-2)19(13-15)29-3/h5-13H,4,14H2,1-3H3,(H,24,26). The number of ether oxygens (including phenoxy) is 3. The fourth-order valence-electron chi connectivity index (χ4n) is 2.81. The second kappa shape index (κ2) is 10.5. The van der Waals surface area contributed by atoms with Crippen LogP contribution in [-0.2, 0) is 4.79 Å². The molecule has 0 atom stereocenters. The van der Waals surface area contributed by atoms with Crippen LogP contribution in [0, 0.1) is 0 Å². The first-order valence-electron chi connectivity index (χ1n) is 9.51. The van der Waals surface area contributed by atoms with Crippen molar-refractivity contribution in [3.8, 4) is 22.9 Å². The molecule has 0 aliphatic carbocycles. The van der Waals surface area contributed by atoms with E-state index in [2.05, 4.69) is 10.3 Å². The molecule has 0 saturated heterocycles. The van der Waals surface area contributed by atoms with Gasteiger partial charge in [-0.15, -0.1) is 0 Å². The van der Waals surface area contributed by atoms with Gasteiger partial charge in [-0.05, 0) is 43.3 Å². The molecule has 0 saturated carbocycles. The summed E-state index contributed by atoms with van der Waals surface area (Å²) in [5.41, 5.74) is 0.958. The average Bonchev–Trinajstić information content (AvgIpc) is 2.79. The van der Waals surface area contributed by atoms with Gasteiger partial charge in [0.1, 0.15) is 5.75 Å². The highest BCUT2D eigenvalue weighted by Gasteiger charge is 2.12. The van der Waals surface area contributed by atoms with E-state index in [0.717, 1.165) is 17.5 Å². The number of thioether (sulfide) groups is 1. The molecule has 3 aromatic rings. The molecule has 0 unspecified atom stereocenters. The van der Waals surface area contributed by atoms with Crippen molar-refractivity contribution < 1.29 is 19.0 Å². The number of carbonyl (C=O) groups is 1. The summed E-state index contributed by atoms with van der Waals surface area (Å²) in [5.74, 6) is 1.57. The van der Waals surface area contributed by atoms with E-state index in [4.69, 9.17) is 14.2 Å². The van der Waals surface area contributed by atoms with Gasteiger partial charge in [0.15, 0.2) is 16.5 Å². The van der Waals surface area contributed by atoms with Gasteiger partial charge in [-0.1, -0.05) is 11.8 Å². The first kappa shape index (κ1) is 22.2. The molecule has 1 N–H and O–H groups in total. The zero-order valence-corrected chi connectivity index (χ0v) is 18.3. The van der Waals surface area contributed by atoms with E-state index in [1.165, 1.54) is 17.9 Å². The van der Waals surface area contributed by atoms with Gasteiger partial charge in [0.25, 0.3) is 5.56 Å². The van der Waals surface area contributed by atoms with E-state index in [9.17, 15) is 9.59 Å². The molecule has 1 heterocycles. The minimum absolute atomic E-state index is 0.0316. The zero-order valence-electron chi connectivity index (χ0n) is 17.5. The molecule has 31 heavy (non-hydrogen) atoms. The molecule has 162 valence electrons. The third kappa shape index (κ3) is 5.58. The summed E-state index contributed by atoms with van der Waals surface area (Å²) in [6, 6.07) is 12.3. The van der Waals surface area contributed by atoms with Gasteiger partial charge < -0.3 is 19.5 Å². The normalized spacial score (nSPS) is 10.4. The van der Waals surface area contributed by atoms with E-state index >= 15 is 0 Å². The van der Waals surface area contributed by atoms with Crippen molar-refractivity contribution in [2.24, 2.45) is 0 Å². The summed E-state index contributed by atoms with van der Waals surface area (Å²) in [4.78, 5) is 29.3. The van der Waals surface area contributed by atoms with Crippen LogP contribution >= 0.6 is 11.8 Å². The smallest absolute Gasteiger partial charge is 0.287 e. The van der Waals surface area contributed by atoms with E-state index in [1.54, 1.807) is 55.8 Å². The predicted molar refractivity (Wildman–Crippen MR) is 120 cm³/mol. The Morgan fingerprint density at radius 3 is 2.52 bits per heavy atom. The maximum atomic E-state index is 12.8. The summed E-state index contributed by atoms with van der Waals surface area (Å²) in [5, 5.41) is 3.01. The molecule has 1 aromatic heterocycles. The van der Waals surface area contributed by atoms with Crippen molar-refractivity contribution >= 4 is 23.4 Å². The quantitative estimate of drug-likeness (QED) is 0.509. The van der Waals surface area contributed by atoms with Crippen LogP contribution in [0.25, 0.3) is 5.69 Å². The zero-order chi connectivity index (χ0) is 22.2. The third-order valence-corrected chi connectivity index (χ3v) is 5.20. The lowest BCUT2D eigenvalue weighted by atomic mass is 10.2. The van der Waals surface area contributed by atoms with Gasteiger partial charge in [-0.25, -0.2) is 4.98 Å². The minimum Gasteiger partial charge on any atom is -0.494 e. The molecule has 8 nitrogen and oxygen atoms in total. The molecule has 0 fully saturated rings. The lowest BCUT2D eigenvalue weighted by molar-refractivity contribution is -0.113. The molecule has 0 aliphatic rings. The predicted octanol–water partition coefficient (Wildman–Crippen LogP) is 3.38. The molecule has 0 spiro atoms. The third-order valence-electron chi connectivity index (χ3n) is 4.24. The van der Waals surface area contributed by atoms with Crippen molar-refractivity contribution in [3.05, 3.63) is 65.2 Å². The maximum Gasteiger partial charge on any atom is 0.287 e. The van der Waals surface area contributed by atoms with Crippen molar-refractivity contribution in [3.63, 3.8) is 0 Å². The SMILES string of the molecule is CCOc1ccc(-n2ccnc(SCC(=O)Nc3ccc(OC)c(OC)c3)c2=O)cc1. The summed E-state index contributed by atoms with van der Waals surface area (Å²) < 4.78 is 17.3. The van der Waals surface area contributed by atoms with Crippen LogP contribution < -0.4 is 25.1 Å². The molecule has 3 rings (SSSR count). The van der Waals surface area contributed by atoms with Crippen molar-refractivity contribution in [1.82, 2.24) is 9.55 Å². The van der Waals surface area contributed by atoms with Crippen molar-refractivity contribution in [2.75, 3.05) is 31.9 Å². The second-order valence-corrected chi connectivity index (χ2v) is 7.21. The molecule has 0 aliphatic heterocycles. The van der Waals surface area contributed by atoms with E-state index in [0.29, 0.717) is 29.5 Å². The van der Waals surface area contributed by atoms with Gasteiger partial charge in [-0.2, -0.15) is 0 Å². The Balaban J connectivity index is 1.67. The number of amides is 1. The number of aromatic nitrogens is 2. The highest BCUT2D eigenvalue weighted by molar-refractivity contribution is 7.99. The molecular formula is C22H23N3O5S. The van der Waals surface area contributed by atoms with Crippen LogP contribution in [0.3, 0.4) is 0 Å². The topological polar surface area (TPSA) is 91.7 Å². The van der Waals surface area contributed by atoms with Gasteiger partial charge >= 0.3 is 0 Å². The summed E-state index contributed by atoms with van der Waals surface area (Å²) in [6.07, 6.45) is 3.12. The number of hydrogen-bond donors (Lipinski definition) is 1. The fraction of sp³-hybridized carbons (Fsp3) is 0.227. The van der Waals surface area contributed by atoms with Crippen LogP contribution in [0.5, 0.6) is 17.2 Å². The van der Waals surface area contributed by atoms with Crippen molar-refractivity contribution in [2.45, 2.75) is 11.9 Å². The average molecular weight is 442 g/mol. The summed E-state index contributed by atoms with van der Waals surface area (Å²) in [7, 11) is 3.06. The number of anilines is 1. The van der Waals surface area contributed by atoms with Gasteiger partial charge in [0, 0.05) is 29.8 Å². The number of methoxy groups -OCH3 is 2. The molecule has 0 bridgehead atoms. The van der Waals surface area contributed by atoms with E-state index < -0.39 is 0 Å². The molecule has 0 radical (unpaired) electrons. The first-order chi connectivity index (χ1) is 15.0. The van der Waals surface area contributed by atoms with Crippen LogP contribution in [-0.4, -0.2) is 42.0 Å². The lowest BCUT2D eigenvalue weighted by Crippen LogP contribution is -2.22. The Labute approximate surface area is 184 Å². The highest BCUT2D eigenvalue weighted by atomic mass is 32.2. The number of nitrogens with one attached hydrogen (secondary N) is 1. The molecule has 9 heteroatoms. The van der Waals surface area contributed by atoms with Crippen molar-refractivity contribution in [1.29, 1.82) is 0 Å². The maximum absolute atomic E-state index is 12.8. The number of rotatable bonds is 9. The van der Waals surface area contributed by atoms with E-state index in [1.807, 2.05) is 6.92 Å². The Hall–Kier alpha value is -3.46. The largest absolute Gasteiger partial charge is 0.494 e. The summed E-state index contributed by atoms with van der Waals surface area (Å²) >= 11 is 1.07. The van der Waals surface area contributed by atoms with Gasteiger partial charge in [-0.3, -0.25) is 14.2 Å². The number of nitrogens with zero attached hydrogens (tertiary/aromatic N) is 2. The van der Waals surface area contributed by atoms with Crippen LogP contribution in [0.2, 0.25) is 0 Å². The summed E-state index contributed by atoms with van der Waals surface area (Å²) in [6.45, 7) is 2.48. The number of benzene rings is 2. The minimum atomic E-state index is -0.296. The fourth-order valence-corrected chi connectivity index (χ4v) is 3.51.